The fourth-order valence-electron chi connectivity index (χ4n) is 4.49. The zero-order valence-corrected chi connectivity index (χ0v) is 8.78. The molecule has 3 atom stereocenters. The van der Waals surface area contributed by atoms with Crippen molar-refractivity contribution in [2.24, 2.45) is 28.9 Å². The van der Waals surface area contributed by atoms with Crippen LogP contribution in [0.2, 0.25) is 0 Å². The summed E-state index contributed by atoms with van der Waals surface area (Å²) in [7, 11) is 0. The first kappa shape index (κ1) is 9.17. The molecule has 3 unspecified atom stereocenters. The van der Waals surface area contributed by atoms with E-state index in [2.05, 4.69) is 0 Å². The predicted octanol–water partition coefficient (Wildman–Crippen LogP) is 1.52. The van der Waals surface area contributed by atoms with E-state index in [0.717, 1.165) is 37.1 Å². The molecule has 3 aliphatic rings. The number of hydrogen-bond acceptors (Lipinski definition) is 2. The third-order valence-electron chi connectivity index (χ3n) is 5.22. The van der Waals surface area contributed by atoms with Gasteiger partial charge in [-0.15, -0.1) is 0 Å². The van der Waals surface area contributed by atoms with Crippen LogP contribution in [0.1, 0.15) is 38.5 Å². The molecule has 0 radical (unpaired) electrons. The Kier molecular flexibility index (Phi) is 1.94. The predicted molar refractivity (Wildman–Crippen MR) is 55.7 cm³/mol. The van der Waals surface area contributed by atoms with Crippen molar-refractivity contribution < 1.29 is 5.11 Å². The first-order chi connectivity index (χ1) is 6.73. The minimum absolute atomic E-state index is 0.0438. The second-order valence-corrected chi connectivity index (χ2v) is 5.91. The number of aliphatic hydroxyl groups is 1. The summed E-state index contributed by atoms with van der Waals surface area (Å²) < 4.78 is 0. The highest BCUT2D eigenvalue weighted by Crippen LogP contribution is 2.60. The molecular weight excluding hydrogens is 174 g/mol. The van der Waals surface area contributed by atoms with Gasteiger partial charge in [0, 0.05) is 0 Å². The highest BCUT2D eigenvalue weighted by atomic mass is 16.3. The summed E-state index contributed by atoms with van der Waals surface area (Å²) in [5.74, 6) is 2.82. The summed E-state index contributed by atoms with van der Waals surface area (Å²) in [6.45, 7) is 0.804. The van der Waals surface area contributed by atoms with Gasteiger partial charge < -0.3 is 10.8 Å². The number of aliphatic hydroxyl groups excluding tert-OH is 1. The fourth-order valence-corrected chi connectivity index (χ4v) is 4.49. The second kappa shape index (κ2) is 2.96. The van der Waals surface area contributed by atoms with Crippen molar-refractivity contribution in [2.45, 2.75) is 44.6 Å². The summed E-state index contributed by atoms with van der Waals surface area (Å²) in [5.41, 5.74) is 6.28. The van der Waals surface area contributed by atoms with Crippen molar-refractivity contribution in [3.05, 3.63) is 0 Å². The molecule has 3 N–H and O–H groups in total. The zero-order chi connectivity index (χ0) is 9.76. The highest BCUT2D eigenvalue weighted by molar-refractivity contribution is 5.05. The van der Waals surface area contributed by atoms with Gasteiger partial charge in [0.05, 0.1) is 6.10 Å². The Hall–Kier alpha value is -0.0800. The molecule has 2 bridgehead atoms. The normalized spacial score (nSPS) is 56.1. The van der Waals surface area contributed by atoms with Crippen molar-refractivity contribution in [1.29, 1.82) is 0 Å². The topological polar surface area (TPSA) is 46.2 Å². The first-order valence-corrected chi connectivity index (χ1v) is 6.12. The molecule has 0 aromatic rings. The molecule has 3 fully saturated rings. The van der Waals surface area contributed by atoms with Crippen molar-refractivity contribution in [1.82, 2.24) is 0 Å². The monoisotopic (exact) mass is 195 g/mol. The SMILES string of the molecule is NCC1(C2CC3CCC2C3)CC(O)C1. The Labute approximate surface area is 85.9 Å². The molecule has 80 valence electrons. The Morgan fingerprint density at radius 3 is 2.43 bits per heavy atom. The number of rotatable bonds is 2. The van der Waals surface area contributed by atoms with Crippen LogP contribution in [0, 0.1) is 23.2 Å². The fraction of sp³-hybridized carbons (Fsp3) is 1.00. The van der Waals surface area contributed by atoms with E-state index in [9.17, 15) is 5.11 Å². The molecule has 2 heteroatoms. The van der Waals surface area contributed by atoms with Crippen molar-refractivity contribution in [3.8, 4) is 0 Å². The zero-order valence-electron chi connectivity index (χ0n) is 8.78. The summed E-state index contributed by atoms with van der Waals surface area (Å²) in [5, 5.41) is 9.49. The molecule has 0 saturated heterocycles. The van der Waals surface area contributed by atoms with Gasteiger partial charge in [-0.05, 0) is 61.8 Å². The maximum absolute atomic E-state index is 9.49. The van der Waals surface area contributed by atoms with Gasteiger partial charge in [-0.25, -0.2) is 0 Å². The van der Waals surface area contributed by atoms with Crippen LogP contribution in [0.4, 0.5) is 0 Å². The average molecular weight is 195 g/mol. The van der Waals surface area contributed by atoms with Crippen LogP contribution in [0.15, 0.2) is 0 Å². The van der Waals surface area contributed by atoms with E-state index in [1.165, 1.54) is 25.7 Å². The lowest BCUT2D eigenvalue weighted by Crippen LogP contribution is -2.52. The Morgan fingerprint density at radius 2 is 2.00 bits per heavy atom. The molecule has 0 aromatic heterocycles. The van der Waals surface area contributed by atoms with Gasteiger partial charge in [-0.1, -0.05) is 6.42 Å². The van der Waals surface area contributed by atoms with Crippen molar-refractivity contribution in [2.75, 3.05) is 6.54 Å². The molecule has 0 amide bonds. The number of hydrogen-bond donors (Lipinski definition) is 2. The molecule has 2 nitrogen and oxygen atoms in total. The van der Waals surface area contributed by atoms with E-state index in [-0.39, 0.29) is 6.10 Å². The van der Waals surface area contributed by atoms with Crippen molar-refractivity contribution in [3.63, 3.8) is 0 Å². The van der Waals surface area contributed by atoms with E-state index < -0.39 is 0 Å². The summed E-state index contributed by atoms with van der Waals surface area (Å²) in [6, 6.07) is 0. The van der Waals surface area contributed by atoms with Crippen LogP contribution in [-0.4, -0.2) is 17.8 Å². The molecular formula is C12H21NO. The van der Waals surface area contributed by atoms with E-state index >= 15 is 0 Å². The summed E-state index contributed by atoms with van der Waals surface area (Å²) in [4.78, 5) is 0. The molecule has 0 aliphatic heterocycles. The maximum Gasteiger partial charge on any atom is 0.0552 e. The number of nitrogens with two attached hydrogens (primary N) is 1. The Balaban J connectivity index is 1.75. The van der Waals surface area contributed by atoms with E-state index in [1.807, 2.05) is 0 Å². The second-order valence-electron chi connectivity index (χ2n) is 5.91. The van der Waals surface area contributed by atoms with Crippen LogP contribution in [0.5, 0.6) is 0 Å². The molecule has 0 spiro atoms. The van der Waals surface area contributed by atoms with Gasteiger partial charge in [0.25, 0.3) is 0 Å². The molecule has 3 rings (SSSR count). The Bertz CT molecular complexity index is 234. The Morgan fingerprint density at radius 1 is 1.21 bits per heavy atom. The molecule has 14 heavy (non-hydrogen) atoms. The van der Waals surface area contributed by atoms with Crippen LogP contribution in [-0.2, 0) is 0 Å². The third kappa shape index (κ3) is 1.10. The summed E-state index contributed by atoms with van der Waals surface area (Å²) >= 11 is 0. The smallest absolute Gasteiger partial charge is 0.0552 e. The molecule has 0 aromatic carbocycles. The largest absolute Gasteiger partial charge is 0.393 e. The first-order valence-electron chi connectivity index (χ1n) is 6.12. The van der Waals surface area contributed by atoms with Gasteiger partial charge in [0.2, 0.25) is 0 Å². The standard InChI is InChI=1S/C12H21NO/c13-7-12(5-10(14)6-12)11-4-8-1-2-9(11)3-8/h8-11,14H,1-7,13H2. The van der Waals surface area contributed by atoms with Crippen LogP contribution < -0.4 is 5.73 Å². The van der Waals surface area contributed by atoms with Gasteiger partial charge in [0.15, 0.2) is 0 Å². The lowest BCUT2D eigenvalue weighted by Gasteiger charge is -2.51. The van der Waals surface area contributed by atoms with E-state index in [0.29, 0.717) is 5.41 Å². The molecule has 3 aliphatic carbocycles. The van der Waals surface area contributed by atoms with Crippen LogP contribution >= 0.6 is 0 Å². The lowest BCUT2D eigenvalue weighted by atomic mass is 9.56. The van der Waals surface area contributed by atoms with Gasteiger partial charge in [0.1, 0.15) is 0 Å². The lowest BCUT2D eigenvalue weighted by molar-refractivity contribution is -0.0785. The van der Waals surface area contributed by atoms with Gasteiger partial charge in [-0.3, -0.25) is 0 Å². The van der Waals surface area contributed by atoms with Gasteiger partial charge in [-0.2, -0.15) is 0 Å². The average Bonchev–Trinajstić information content (AvgIpc) is 2.73. The van der Waals surface area contributed by atoms with Gasteiger partial charge >= 0.3 is 0 Å². The maximum atomic E-state index is 9.49. The van der Waals surface area contributed by atoms with Crippen LogP contribution in [0.3, 0.4) is 0 Å². The molecule has 0 heterocycles. The van der Waals surface area contributed by atoms with E-state index in [1.54, 1.807) is 0 Å². The quantitative estimate of drug-likeness (QED) is 0.702. The highest BCUT2D eigenvalue weighted by Gasteiger charge is 2.54. The van der Waals surface area contributed by atoms with E-state index in [4.69, 9.17) is 5.73 Å². The summed E-state index contributed by atoms with van der Waals surface area (Å²) in [6.07, 6.45) is 7.70. The van der Waals surface area contributed by atoms with Crippen LogP contribution in [0.25, 0.3) is 0 Å². The minimum Gasteiger partial charge on any atom is -0.393 e. The third-order valence-corrected chi connectivity index (χ3v) is 5.22. The molecule has 3 saturated carbocycles. The number of fused-ring (bicyclic) bond motifs is 2. The van der Waals surface area contributed by atoms with Crippen molar-refractivity contribution >= 4 is 0 Å². The minimum atomic E-state index is -0.0438.